The Bertz CT molecular complexity index is 452. The van der Waals surface area contributed by atoms with Crippen molar-refractivity contribution in [2.75, 3.05) is 0 Å². The van der Waals surface area contributed by atoms with Gasteiger partial charge in [0.25, 0.3) is 0 Å². The number of nitrogens with zero attached hydrogens (tertiary/aromatic N) is 1. The van der Waals surface area contributed by atoms with E-state index in [1.165, 1.54) is 0 Å². The summed E-state index contributed by atoms with van der Waals surface area (Å²) in [5.74, 6) is 0. The van der Waals surface area contributed by atoms with Gasteiger partial charge in [0, 0.05) is 13.1 Å². The van der Waals surface area contributed by atoms with Crippen LogP contribution in [-0.2, 0) is 13.1 Å². The molecule has 0 heterocycles. The van der Waals surface area contributed by atoms with Gasteiger partial charge in [-0.2, -0.15) is 13.2 Å². The van der Waals surface area contributed by atoms with Gasteiger partial charge in [-0.25, -0.2) is 4.90 Å². The van der Waals surface area contributed by atoms with Gasteiger partial charge in [0.05, 0.1) is 0 Å². The van der Waals surface area contributed by atoms with Crippen LogP contribution in [0, 0.1) is 0 Å². The lowest BCUT2D eigenvalue weighted by atomic mass is 10.2. The highest BCUT2D eigenvalue weighted by Gasteiger charge is 2.36. The summed E-state index contributed by atoms with van der Waals surface area (Å²) in [5.41, 5.74) is 1.30. The van der Waals surface area contributed by atoms with Crippen LogP contribution in [0.1, 0.15) is 11.1 Å². The molecule has 100 valence electrons. The third kappa shape index (κ3) is 4.10. The topological polar surface area (TPSA) is 3.24 Å². The van der Waals surface area contributed by atoms with Gasteiger partial charge in [0.2, 0.25) is 0 Å². The molecular formula is C15H14F3N. The second-order valence-electron chi connectivity index (χ2n) is 4.30. The Labute approximate surface area is 110 Å². The van der Waals surface area contributed by atoms with Crippen LogP contribution in [-0.4, -0.2) is 11.2 Å². The van der Waals surface area contributed by atoms with E-state index in [1.54, 1.807) is 60.7 Å². The van der Waals surface area contributed by atoms with Gasteiger partial charge in [-0.15, -0.1) is 0 Å². The molecule has 0 aromatic heterocycles. The fraction of sp³-hybridized carbons (Fsp3) is 0.200. The van der Waals surface area contributed by atoms with Crippen LogP contribution in [0.2, 0.25) is 0 Å². The largest absolute Gasteiger partial charge is 0.460 e. The summed E-state index contributed by atoms with van der Waals surface area (Å²) in [5, 5.41) is 0. The van der Waals surface area contributed by atoms with Crippen LogP contribution in [0.25, 0.3) is 0 Å². The molecule has 0 fully saturated rings. The monoisotopic (exact) mass is 265 g/mol. The molecule has 2 rings (SSSR count). The van der Waals surface area contributed by atoms with Crippen LogP contribution < -0.4 is 0 Å². The lowest BCUT2D eigenvalue weighted by Gasteiger charge is -2.25. The maximum atomic E-state index is 13.0. The molecule has 0 aliphatic heterocycles. The van der Waals surface area contributed by atoms with Gasteiger partial charge in [0.15, 0.2) is 0 Å². The van der Waals surface area contributed by atoms with Crippen molar-refractivity contribution in [3.8, 4) is 0 Å². The highest BCUT2D eigenvalue weighted by molar-refractivity contribution is 5.17. The van der Waals surface area contributed by atoms with Crippen LogP contribution in [0.3, 0.4) is 0 Å². The second kappa shape index (κ2) is 5.89. The molecule has 0 radical (unpaired) electrons. The van der Waals surface area contributed by atoms with Crippen LogP contribution in [0.5, 0.6) is 0 Å². The molecular weight excluding hydrogens is 251 g/mol. The summed E-state index contributed by atoms with van der Waals surface area (Å²) < 4.78 is 39.1. The molecule has 0 aliphatic carbocycles. The Balaban J connectivity index is 2.13. The predicted octanol–water partition coefficient (Wildman–Crippen LogP) is 4.21. The number of rotatable bonds is 4. The van der Waals surface area contributed by atoms with E-state index in [9.17, 15) is 13.2 Å². The van der Waals surface area contributed by atoms with E-state index >= 15 is 0 Å². The van der Waals surface area contributed by atoms with Crippen LogP contribution >= 0.6 is 0 Å². The average Bonchev–Trinajstić information content (AvgIpc) is 2.39. The van der Waals surface area contributed by atoms with Gasteiger partial charge in [-0.1, -0.05) is 60.7 Å². The minimum absolute atomic E-state index is 0.140. The molecule has 0 N–H and O–H groups in total. The van der Waals surface area contributed by atoms with E-state index in [1.807, 2.05) is 0 Å². The van der Waals surface area contributed by atoms with Crippen molar-refractivity contribution >= 4 is 0 Å². The van der Waals surface area contributed by atoms with E-state index in [-0.39, 0.29) is 13.1 Å². The highest BCUT2D eigenvalue weighted by Crippen LogP contribution is 2.25. The van der Waals surface area contributed by atoms with Crippen molar-refractivity contribution in [3.05, 3.63) is 71.8 Å². The average molecular weight is 265 g/mol. The highest BCUT2D eigenvalue weighted by atomic mass is 19.4. The molecule has 0 spiro atoms. The van der Waals surface area contributed by atoms with Crippen LogP contribution in [0.15, 0.2) is 60.7 Å². The molecule has 0 aliphatic rings. The molecule has 1 nitrogen and oxygen atoms in total. The maximum absolute atomic E-state index is 13.0. The zero-order valence-electron chi connectivity index (χ0n) is 10.3. The van der Waals surface area contributed by atoms with E-state index < -0.39 is 6.30 Å². The van der Waals surface area contributed by atoms with Gasteiger partial charge >= 0.3 is 6.30 Å². The van der Waals surface area contributed by atoms with Crippen molar-refractivity contribution in [3.63, 3.8) is 0 Å². The zero-order valence-corrected chi connectivity index (χ0v) is 10.3. The van der Waals surface area contributed by atoms with Crippen molar-refractivity contribution in [2.45, 2.75) is 19.4 Å². The summed E-state index contributed by atoms with van der Waals surface area (Å²) >= 11 is 0. The quantitative estimate of drug-likeness (QED) is 0.748. The van der Waals surface area contributed by atoms with Gasteiger partial charge < -0.3 is 0 Å². The molecule has 0 unspecified atom stereocenters. The minimum Gasteiger partial charge on any atom is -0.206 e. The third-order valence-corrected chi connectivity index (χ3v) is 2.79. The van der Waals surface area contributed by atoms with E-state index in [4.69, 9.17) is 0 Å². The first-order chi connectivity index (χ1) is 9.05. The van der Waals surface area contributed by atoms with Crippen molar-refractivity contribution in [1.29, 1.82) is 0 Å². The molecule has 0 amide bonds. The zero-order chi connectivity index (χ0) is 13.7. The number of hydrogen-bond acceptors (Lipinski definition) is 1. The molecule has 0 atom stereocenters. The molecule has 0 saturated carbocycles. The molecule has 2 aromatic rings. The van der Waals surface area contributed by atoms with Gasteiger partial charge in [-0.3, -0.25) is 0 Å². The fourth-order valence-electron chi connectivity index (χ4n) is 1.84. The first-order valence-electron chi connectivity index (χ1n) is 5.95. The molecule has 4 heteroatoms. The summed E-state index contributed by atoms with van der Waals surface area (Å²) in [7, 11) is 0. The molecule has 2 aromatic carbocycles. The Hall–Kier alpha value is -1.81. The summed E-state index contributed by atoms with van der Waals surface area (Å²) in [6.45, 7) is -0.279. The van der Waals surface area contributed by atoms with E-state index in [0.717, 1.165) is 0 Å². The lowest BCUT2D eigenvalue weighted by Crippen LogP contribution is -2.36. The Morgan fingerprint density at radius 3 is 1.37 bits per heavy atom. The summed E-state index contributed by atoms with van der Waals surface area (Å²) in [6.07, 6.45) is -4.34. The van der Waals surface area contributed by atoms with Gasteiger partial charge in [0.1, 0.15) is 0 Å². The first kappa shape index (κ1) is 13.6. The molecule has 0 bridgehead atoms. The maximum Gasteiger partial charge on any atom is 0.460 e. The van der Waals surface area contributed by atoms with E-state index in [2.05, 4.69) is 0 Å². The summed E-state index contributed by atoms with van der Waals surface area (Å²) in [6, 6.07) is 17.3. The molecule has 19 heavy (non-hydrogen) atoms. The number of alkyl halides is 3. The smallest absolute Gasteiger partial charge is 0.206 e. The van der Waals surface area contributed by atoms with Crippen molar-refractivity contribution < 1.29 is 13.2 Å². The predicted molar refractivity (Wildman–Crippen MR) is 68.2 cm³/mol. The standard InChI is InChI=1S/C15H14F3N/c16-15(17,18)19(11-13-7-3-1-4-8-13)12-14-9-5-2-6-10-14/h1-10H,11-12H2. The number of halogens is 3. The third-order valence-electron chi connectivity index (χ3n) is 2.79. The van der Waals surface area contributed by atoms with E-state index in [0.29, 0.717) is 16.0 Å². The Kier molecular flexibility index (Phi) is 4.22. The van der Waals surface area contributed by atoms with Crippen LogP contribution in [0.4, 0.5) is 13.2 Å². The lowest BCUT2D eigenvalue weighted by molar-refractivity contribution is -0.253. The van der Waals surface area contributed by atoms with Gasteiger partial charge in [-0.05, 0) is 11.1 Å². The fourth-order valence-corrected chi connectivity index (χ4v) is 1.84. The number of hydrogen-bond donors (Lipinski definition) is 0. The Morgan fingerprint density at radius 2 is 1.05 bits per heavy atom. The summed E-state index contributed by atoms with van der Waals surface area (Å²) in [4.78, 5) is 0.512. The SMILES string of the molecule is FC(F)(F)N(Cc1ccccc1)Cc1ccccc1. The minimum atomic E-state index is -4.34. The first-order valence-corrected chi connectivity index (χ1v) is 5.95. The van der Waals surface area contributed by atoms with Crippen molar-refractivity contribution in [2.24, 2.45) is 0 Å². The Morgan fingerprint density at radius 1 is 0.684 bits per heavy atom. The molecule has 0 saturated heterocycles. The number of benzene rings is 2. The normalized spacial score (nSPS) is 11.8. The second-order valence-corrected chi connectivity index (χ2v) is 4.30. The van der Waals surface area contributed by atoms with Crippen molar-refractivity contribution in [1.82, 2.24) is 4.90 Å².